The molecule has 0 amide bonds. The van der Waals surface area contributed by atoms with E-state index in [1.54, 1.807) is 4.90 Å². The number of nitrogens with one attached hydrogen (secondary N) is 2. The van der Waals surface area contributed by atoms with Crippen molar-refractivity contribution in [3.8, 4) is 0 Å². The minimum atomic E-state index is -2.68. The van der Waals surface area contributed by atoms with Crippen LogP contribution in [0.25, 0.3) is 5.70 Å². The molecule has 4 N–H and O–H groups in total. The number of halogens is 2. The van der Waals surface area contributed by atoms with E-state index >= 15 is 0 Å². The molecule has 1 fully saturated rings. The quantitative estimate of drug-likeness (QED) is 0.564. The van der Waals surface area contributed by atoms with Gasteiger partial charge in [-0.3, -0.25) is 10.5 Å². The highest BCUT2D eigenvalue weighted by Crippen LogP contribution is 2.23. The van der Waals surface area contributed by atoms with Gasteiger partial charge in [0.1, 0.15) is 11.5 Å². The van der Waals surface area contributed by atoms with Crippen LogP contribution in [0.4, 0.5) is 8.78 Å². The van der Waals surface area contributed by atoms with Gasteiger partial charge in [-0.25, -0.2) is 8.78 Å². The summed E-state index contributed by atoms with van der Waals surface area (Å²) in [6.45, 7) is 2.28. The Labute approximate surface area is 108 Å². The van der Waals surface area contributed by atoms with Gasteiger partial charge in [-0.1, -0.05) is 0 Å². The van der Waals surface area contributed by atoms with E-state index in [-0.39, 0.29) is 22.8 Å². The van der Waals surface area contributed by atoms with Crippen LogP contribution in [0.1, 0.15) is 17.7 Å². The molecule has 8 heteroatoms. The Morgan fingerprint density at radius 1 is 1.53 bits per heavy atom. The molecule has 1 aromatic rings. The van der Waals surface area contributed by atoms with Crippen molar-refractivity contribution < 1.29 is 13.5 Å². The highest BCUT2D eigenvalue weighted by molar-refractivity contribution is 5.96. The van der Waals surface area contributed by atoms with Crippen LogP contribution in [0.2, 0.25) is 0 Å². The molecular formula is C11H15F2N5O. The number of nitrogens with zero attached hydrogens (tertiary/aromatic N) is 2. The summed E-state index contributed by atoms with van der Waals surface area (Å²) in [5.41, 5.74) is 5.65. The lowest BCUT2D eigenvalue weighted by molar-refractivity contribution is 0.0681. The third kappa shape index (κ3) is 3.08. The molecule has 0 aromatic carbocycles. The van der Waals surface area contributed by atoms with Crippen LogP contribution in [-0.4, -0.2) is 47.2 Å². The molecule has 104 valence electrons. The molecule has 2 rings (SSSR count). The van der Waals surface area contributed by atoms with Crippen LogP contribution >= 0.6 is 0 Å². The first-order chi connectivity index (χ1) is 9.09. The summed E-state index contributed by atoms with van der Waals surface area (Å²) in [4.78, 5) is 1.78. The Hall–Kier alpha value is -1.96. The first kappa shape index (κ1) is 13.5. The summed E-state index contributed by atoms with van der Waals surface area (Å²) in [5.74, 6) is 0.183. The largest absolute Gasteiger partial charge is 0.398 e. The van der Waals surface area contributed by atoms with Gasteiger partial charge in [0.25, 0.3) is 6.43 Å². The van der Waals surface area contributed by atoms with E-state index in [2.05, 4.69) is 10.2 Å². The summed E-state index contributed by atoms with van der Waals surface area (Å²) >= 11 is 0. The van der Waals surface area contributed by atoms with Crippen LogP contribution < -0.4 is 5.73 Å². The molecule has 0 bridgehead atoms. The molecule has 1 aliphatic rings. The van der Waals surface area contributed by atoms with Crippen molar-refractivity contribution in [3.05, 3.63) is 23.5 Å². The number of hydrogen-bond donors (Lipinski definition) is 3. The number of hydrogen-bond acceptors (Lipinski definition) is 4. The molecule has 0 radical (unpaired) electrons. The second-order valence-electron chi connectivity index (χ2n) is 4.08. The monoisotopic (exact) mass is 271 g/mol. The van der Waals surface area contributed by atoms with E-state index in [1.165, 1.54) is 12.3 Å². The third-order valence-electron chi connectivity index (χ3n) is 2.84. The average Bonchev–Trinajstić information content (AvgIpc) is 2.89. The topological polar surface area (TPSA) is 91.0 Å². The molecular weight excluding hydrogens is 256 g/mol. The molecule has 0 spiro atoms. The third-order valence-corrected chi connectivity index (χ3v) is 2.84. The Kier molecular flexibility index (Phi) is 4.10. The van der Waals surface area contributed by atoms with Crippen molar-refractivity contribution in [1.29, 1.82) is 5.41 Å². The summed E-state index contributed by atoms with van der Waals surface area (Å²) < 4.78 is 30.5. The Morgan fingerprint density at radius 3 is 2.84 bits per heavy atom. The normalized spacial score (nSPS) is 17.0. The average molecular weight is 271 g/mol. The van der Waals surface area contributed by atoms with Gasteiger partial charge in [0.15, 0.2) is 0 Å². The zero-order chi connectivity index (χ0) is 13.8. The van der Waals surface area contributed by atoms with Gasteiger partial charge in [-0.2, -0.15) is 5.10 Å². The zero-order valence-electron chi connectivity index (χ0n) is 10.2. The van der Waals surface area contributed by atoms with Crippen molar-refractivity contribution in [2.24, 2.45) is 5.73 Å². The number of aromatic nitrogens is 2. The molecule has 0 unspecified atom stereocenters. The molecule has 0 saturated carbocycles. The van der Waals surface area contributed by atoms with E-state index in [0.717, 1.165) is 0 Å². The second kappa shape index (κ2) is 5.79. The maximum absolute atomic E-state index is 12.7. The minimum absolute atomic E-state index is 0.0977. The van der Waals surface area contributed by atoms with Crippen molar-refractivity contribution in [2.75, 3.05) is 26.3 Å². The van der Waals surface area contributed by atoms with Gasteiger partial charge in [-0.15, -0.1) is 0 Å². The highest BCUT2D eigenvalue weighted by atomic mass is 19.3. The van der Waals surface area contributed by atoms with Crippen molar-refractivity contribution in [3.63, 3.8) is 0 Å². The van der Waals surface area contributed by atoms with Gasteiger partial charge in [0.05, 0.1) is 19.4 Å². The zero-order valence-corrected chi connectivity index (χ0v) is 10.2. The number of rotatable bonds is 3. The summed E-state index contributed by atoms with van der Waals surface area (Å²) in [5, 5.41) is 13.7. The smallest absolute Gasteiger partial charge is 0.280 e. The van der Waals surface area contributed by atoms with E-state index in [9.17, 15) is 8.78 Å². The Bertz CT molecular complexity index is 479. The summed E-state index contributed by atoms with van der Waals surface area (Å²) in [6.07, 6.45) is -0.0795. The number of amidine groups is 1. The Morgan fingerprint density at radius 2 is 2.21 bits per heavy atom. The molecule has 0 aliphatic carbocycles. The standard InChI is InChI=1S/C11H15F2N5O/c12-11(13)10-7(6-16-17-10)8(14)5-9(15)18-1-3-19-4-2-18/h5-6,11,15H,1-4,14H2,(H,16,17). The molecule has 0 atom stereocenters. The van der Waals surface area contributed by atoms with Gasteiger partial charge in [0.2, 0.25) is 0 Å². The number of ether oxygens (including phenoxy) is 1. The van der Waals surface area contributed by atoms with E-state index < -0.39 is 6.43 Å². The number of alkyl halides is 2. The van der Waals surface area contributed by atoms with Crippen LogP contribution in [0.5, 0.6) is 0 Å². The minimum Gasteiger partial charge on any atom is -0.398 e. The molecule has 1 aliphatic heterocycles. The molecule has 1 saturated heterocycles. The SMILES string of the molecule is N=C(C=C(N)c1cn[nH]c1C(F)F)N1CCOCC1. The Balaban J connectivity index is 2.13. The molecule has 19 heavy (non-hydrogen) atoms. The highest BCUT2D eigenvalue weighted by Gasteiger charge is 2.18. The van der Waals surface area contributed by atoms with Crippen molar-refractivity contribution in [2.45, 2.75) is 6.43 Å². The lowest BCUT2D eigenvalue weighted by atomic mass is 10.1. The van der Waals surface area contributed by atoms with Gasteiger partial charge in [0, 0.05) is 30.4 Å². The molecule has 1 aromatic heterocycles. The van der Waals surface area contributed by atoms with E-state index in [0.29, 0.717) is 26.3 Å². The predicted molar refractivity (Wildman–Crippen MR) is 65.8 cm³/mol. The van der Waals surface area contributed by atoms with E-state index in [1.807, 2.05) is 0 Å². The number of aromatic amines is 1. The van der Waals surface area contributed by atoms with Gasteiger partial charge < -0.3 is 15.4 Å². The predicted octanol–water partition coefficient (Wildman–Crippen LogP) is 0.956. The fourth-order valence-electron chi connectivity index (χ4n) is 1.81. The second-order valence-corrected chi connectivity index (χ2v) is 4.08. The fourth-order valence-corrected chi connectivity index (χ4v) is 1.81. The van der Waals surface area contributed by atoms with Crippen LogP contribution in [-0.2, 0) is 4.74 Å². The lowest BCUT2D eigenvalue weighted by Gasteiger charge is -2.27. The van der Waals surface area contributed by atoms with Crippen LogP contribution in [0, 0.1) is 5.41 Å². The first-order valence-electron chi connectivity index (χ1n) is 5.80. The van der Waals surface area contributed by atoms with E-state index in [4.69, 9.17) is 15.9 Å². The van der Waals surface area contributed by atoms with Crippen LogP contribution in [0.15, 0.2) is 12.3 Å². The summed E-state index contributed by atoms with van der Waals surface area (Å²) in [7, 11) is 0. The summed E-state index contributed by atoms with van der Waals surface area (Å²) in [6, 6.07) is 0. The number of nitrogens with two attached hydrogens (primary N) is 1. The number of morpholine rings is 1. The maximum atomic E-state index is 12.7. The lowest BCUT2D eigenvalue weighted by Crippen LogP contribution is -2.39. The van der Waals surface area contributed by atoms with Crippen LogP contribution in [0.3, 0.4) is 0 Å². The molecule has 2 heterocycles. The maximum Gasteiger partial charge on any atom is 0.280 e. The van der Waals surface area contributed by atoms with Crippen molar-refractivity contribution in [1.82, 2.24) is 15.1 Å². The first-order valence-corrected chi connectivity index (χ1v) is 5.80. The fraction of sp³-hybridized carbons (Fsp3) is 0.455. The van der Waals surface area contributed by atoms with Crippen molar-refractivity contribution >= 4 is 11.5 Å². The molecule has 6 nitrogen and oxygen atoms in total. The van der Waals surface area contributed by atoms with Gasteiger partial charge >= 0.3 is 0 Å². The number of H-pyrrole nitrogens is 1. The van der Waals surface area contributed by atoms with Gasteiger partial charge in [-0.05, 0) is 0 Å².